The Bertz CT molecular complexity index is 1430. The fraction of sp³-hybridized carbons (Fsp3) is 0.280. The quantitative estimate of drug-likeness (QED) is 0.424. The van der Waals surface area contributed by atoms with E-state index in [1.54, 1.807) is 0 Å². The van der Waals surface area contributed by atoms with E-state index in [1.807, 2.05) is 60.4 Å². The van der Waals surface area contributed by atoms with Crippen molar-refractivity contribution < 1.29 is 9.59 Å². The summed E-state index contributed by atoms with van der Waals surface area (Å²) in [6.07, 6.45) is 1.89. The maximum absolute atomic E-state index is 13.7. The molecule has 2 N–H and O–H groups in total. The second-order valence-electron chi connectivity index (χ2n) is 8.91. The van der Waals surface area contributed by atoms with Crippen LogP contribution in [0.1, 0.15) is 38.8 Å². The molecule has 9 heteroatoms. The monoisotopic (exact) mass is 491 g/mol. The van der Waals surface area contributed by atoms with E-state index in [4.69, 9.17) is 11.6 Å². The van der Waals surface area contributed by atoms with Crippen molar-refractivity contribution in [1.29, 1.82) is 0 Å². The van der Waals surface area contributed by atoms with Gasteiger partial charge in [0.2, 0.25) is 0 Å². The molecule has 0 bridgehead atoms. The van der Waals surface area contributed by atoms with E-state index >= 15 is 0 Å². The van der Waals surface area contributed by atoms with Crippen LogP contribution >= 0.6 is 22.9 Å². The first-order valence-corrected chi connectivity index (χ1v) is 12.5. The number of aryl methyl sites for hydroxylation is 1. The van der Waals surface area contributed by atoms with Crippen LogP contribution in [0.4, 0.5) is 0 Å². The highest BCUT2D eigenvalue weighted by molar-refractivity contribution is 7.15. The predicted molar refractivity (Wildman–Crippen MR) is 132 cm³/mol. The lowest BCUT2D eigenvalue weighted by Gasteiger charge is -2.27. The molecule has 2 amide bonds. The average Bonchev–Trinajstić information content (AvgIpc) is 3.17. The Labute approximate surface area is 205 Å². The number of thiazole rings is 1. The number of halogens is 1. The van der Waals surface area contributed by atoms with Crippen LogP contribution in [0, 0.1) is 12.8 Å². The Morgan fingerprint density at radius 1 is 1.18 bits per heavy atom. The first kappa shape index (κ1) is 21.3. The number of aromatic nitrogens is 3. The van der Waals surface area contributed by atoms with Gasteiger partial charge in [-0.05, 0) is 49.4 Å². The molecular weight excluding hydrogens is 470 g/mol. The van der Waals surface area contributed by atoms with E-state index in [2.05, 4.69) is 20.5 Å². The molecule has 1 aliphatic heterocycles. The summed E-state index contributed by atoms with van der Waals surface area (Å²) in [5.74, 6) is 0.176. The van der Waals surface area contributed by atoms with Crippen molar-refractivity contribution in [1.82, 2.24) is 25.4 Å². The van der Waals surface area contributed by atoms with Crippen LogP contribution in [-0.4, -0.2) is 50.5 Å². The van der Waals surface area contributed by atoms with Gasteiger partial charge < -0.3 is 10.2 Å². The highest BCUT2D eigenvalue weighted by atomic mass is 35.5. The first-order chi connectivity index (χ1) is 16.5. The smallest absolute Gasteiger partial charge is 0.274 e. The van der Waals surface area contributed by atoms with Gasteiger partial charge in [-0.2, -0.15) is 5.10 Å². The van der Waals surface area contributed by atoms with E-state index in [9.17, 15) is 9.59 Å². The molecule has 3 heterocycles. The molecule has 6 rings (SSSR count). The second-order valence-corrected chi connectivity index (χ2v) is 10.6. The molecule has 0 spiro atoms. The molecule has 3 atom stereocenters. The van der Waals surface area contributed by atoms with E-state index in [0.717, 1.165) is 39.2 Å². The molecule has 1 saturated carbocycles. The number of benzene rings is 2. The summed E-state index contributed by atoms with van der Waals surface area (Å²) >= 11 is 7.70. The molecule has 34 heavy (non-hydrogen) atoms. The number of rotatable bonds is 5. The summed E-state index contributed by atoms with van der Waals surface area (Å²) in [6, 6.07) is 15.2. The third-order valence-electron chi connectivity index (χ3n) is 6.65. The van der Waals surface area contributed by atoms with Crippen molar-refractivity contribution in [2.24, 2.45) is 5.92 Å². The number of amides is 2. The lowest BCUT2D eigenvalue weighted by atomic mass is 10.1. The zero-order valence-corrected chi connectivity index (χ0v) is 20.0. The van der Waals surface area contributed by atoms with Crippen LogP contribution in [0.2, 0.25) is 5.02 Å². The van der Waals surface area contributed by atoms with Crippen molar-refractivity contribution in [3.8, 4) is 10.4 Å². The summed E-state index contributed by atoms with van der Waals surface area (Å²) in [4.78, 5) is 34.0. The van der Waals surface area contributed by atoms with E-state index in [0.29, 0.717) is 28.9 Å². The SMILES string of the molecule is Cc1nc(C(=O)N2[C@H](CNC(=O)c3n[nH]c4ccccc34)C[C@@H]3C[C@@H]32)c(-c2cccc(Cl)c2)s1. The normalized spacial score (nSPS) is 21.0. The molecule has 2 aromatic heterocycles. The van der Waals surface area contributed by atoms with Gasteiger partial charge in [0.15, 0.2) is 5.69 Å². The molecule has 1 saturated heterocycles. The van der Waals surface area contributed by atoms with Crippen LogP contribution in [0.5, 0.6) is 0 Å². The van der Waals surface area contributed by atoms with Crippen LogP contribution < -0.4 is 5.32 Å². The summed E-state index contributed by atoms with van der Waals surface area (Å²) in [6.45, 7) is 2.29. The third kappa shape index (κ3) is 3.67. The summed E-state index contributed by atoms with van der Waals surface area (Å²) in [7, 11) is 0. The molecule has 4 aromatic rings. The number of aromatic amines is 1. The van der Waals surface area contributed by atoms with Crippen molar-refractivity contribution in [2.45, 2.75) is 31.8 Å². The lowest BCUT2D eigenvalue weighted by Crippen LogP contribution is -2.45. The van der Waals surface area contributed by atoms with Gasteiger partial charge in [0, 0.05) is 23.0 Å². The summed E-state index contributed by atoms with van der Waals surface area (Å²) in [5.41, 5.74) is 2.55. The minimum Gasteiger partial charge on any atom is -0.349 e. The summed E-state index contributed by atoms with van der Waals surface area (Å²) in [5, 5.41) is 12.3. The maximum Gasteiger partial charge on any atom is 0.274 e. The zero-order valence-electron chi connectivity index (χ0n) is 18.4. The van der Waals surface area contributed by atoms with E-state index in [-0.39, 0.29) is 23.9 Å². The molecular formula is C25H22ClN5O2S. The standard InChI is InChI=1S/C25H22ClN5O2S/c1-13-28-22(23(34-13)14-5-4-6-16(26)9-14)25(33)31-17(10-15-11-20(15)31)12-27-24(32)21-18-7-2-3-8-19(18)29-30-21/h2-9,15,17,20H,10-12H2,1H3,(H,27,32)(H,29,30)/t15-,17+,20+/m1/s1. The molecule has 0 unspecified atom stereocenters. The topological polar surface area (TPSA) is 91.0 Å². The van der Waals surface area contributed by atoms with Crippen LogP contribution in [0.25, 0.3) is 21.3 Å². The van der Waals surface area contributed by atoms with Gasteiger partial charge in [-0.15, -0.1) is 11.3 Å². The number of nitrogens with one attached hydrogen (secondary N) is 2. The minimum absolute atomic E-state index is 0.0698. The molecule has 2 aliphatic rings. The van der Waals surface area contributed by atoms with Gasteiger partial charge in [0.05, 0.1) is 21.4 Å². The third-order valence-corrected chi connectivity index (χ3v) is 7.91. The molecule has 1 aliphatic carbocycles. The van der Waals surface area contributed by atoms with Gasteiger partial charge in [-0.1, -0.05) is 41.9 Å². The van der Waals surface area contributed by atoms with Crippen LogP contribution in [0.3, 0.4) is 0 Å². The number of carbonyl (C=O) groups is 2. The van der Waals surface area contributed by atoms with Gasteiger partial charge in [-0.25, -0.2) is 4.98 Å². The maximum atomic E-state index is 13.7. The summed E-state index contributed by atoms with van der Waals surface area (Å²) < 4.78 is 0. The van der Waals surface area contributed by atoms with Crippen molar-refractivity contribution in [2.75, 3.05) is 6.54 Å². The number of nitrogens with zero attached hydrogens (tertiary/aromatic N) is 3. The van der Waals surface area contributed by atoms with E-state index in [1.165, 1.54) is 11.3 Å². The molecule has 172 valence electrons. The molecule has 2 aromatic carbocycles. The van der Waals surface area contributed by atoms with E-state index < -0.39 is 0 Å². The van der Waals surface area contributed by atoms with Gasteiger partial charge in [0.25, 0.3) is 11.8 Å². The fourth-order valence-electron chi connectivity index (χ4n) is 5.01. The highest BCUT2D eigenvalue weighted by Gasteiger charge is 2.54. The first-order valence-electron chi connectivity index (χ1n) is 11.3. The van der Waals surface area contributed by atoms with Crippen LogP contribution in [0.15, 0.2) is 48.5 Å². The Morgan fingerprint density at radius 2 is 2.03 bits per heavy atom. The van der Waals surface area contributed by atoms with Crippen LogP contribution in [-0.2, 0) is 0 Å². The van der Waals surface area contributed by atoms with Crippen molar-refractivity contribution >= 4 is 45.7 Å². The average molecular weight is 492 g/mol. The van der Waals surface area contributed by atoms with Gasteiger partial charge >= 0.3 is 0 Å². The number of hydrogen-bond donors (Lipinski definition) is 2. The Hall–Kier alpha value is -3.23. The number of likely N-dealkylation sites (tertiary alicyclic amines) is 1. The Morgan fingerprint density at radius 3 is 2.88 bits per heavy atom. The number of carbonyl (C=O) groups excluding carboxylic acids is 2. The van der Waals surface area contributed by atoms with Crippen molar-refractivity contribution in [3.63, 3.8) is 0 Å². The minimum atomic E-state index is -0.241. The predicted octanol–water partition coefficient (Wildman–Crippen LogP) is 4.68. The van der Waals surface area contributed by atoms with Gasteiger partial charge in [0.1, 0.15) is 5.69 Å². The van der Waals surface area contributed by atoms with Gasteiger partial charge in [-0.3, -0.25) is 14.7 Å². The van der Waals surface area contributed by atoms with Crippen molar-refractivity contribution in [3.05, 3.63) is 69.9 Å². The molecule has 0 radical (unpaired) electrons. The number of para-hydroxylation sites is 1. The molecule has 7 nitrogen and oxygen atoms in total. The second kappa shape index (κ2) is 8.21. The number of H-pyrrole nitrogens is 1. The number of piperidine rings is 1. The Kier molecular flexibility index (Phi) is 5.15. The number of fused-ring (bicyclic) bond motifs is 2. The largest absolute Gasteiger partial charge is 0.349 e. The Balaban J connectivity index is 1.23. The zero-order chi connectivity index (χ0) is 23.4. The number of hydrogen-bond acceptors (Lipinski definition) is 5. The lowest BCUT2D eigenvalue weighted by molar-refractivity contribution is 0.0684. The fourth-order valence-corrected chi connectivity index (χ4v) is 6.11. The molecule has 2 fully saturated rings. The highest BCUT2D eigenvalue weighted by Crippen LogP contribution is 2.48.